The molecule has 0 atom stereocenters. The van der Waals surface area contributed by atoms with E-state index in [9.17, 15) is 9.59 Å². The highest BCUT2D eigenvalue weighted by Gasteiger charge is 2.30. The summed E-state index contributed by atoms with van der Waals surface area (Å²) in [5.41, 5.74) is 6.76. The van der Waals surface area contributed by atoms with Crippen LogP contribution in [-0.2, 0) is 37.9 Å². The maximum atomic E-state index is 13.2. The standard InChI is InChI=1S/C30H32ClN7O3/c1-17-18(7-5-8-19(17)30-35-23-14-38(15-25(23)41-30)26(39)16-36(2)3)20-9-6-10-21(27(20)31)34-29(40)28-33-22-13-32-12-11-24(22)37(28)4/h5-10,32H,11-16H2,1-4H3,(H,34,40). The first-order valence-corrected chi connectivity index (χ1v) is 14.0. The molecule has 11 heteroatoms. The van der Waals surface area contributed by atoms with E-state index in [1.165, 1.54) is 0 Å². The third-order valence-corrected chi connectivity index (χ3v) is 8.10. The van der Waals surface area contributed by atoms with Crippen LogP contribution in [-0.4, -0.2) is 63.3 Å². The minimum Gasteiger partial charge on any atom is -0.439 e. The summed E-state index contributed by atoms with van der Waals surface area (Å²) in [5, 5.41) is 6.69. The van der Waals surface area contributed by atoms with Gasteiger partial charge in [0, 0.05) is 43.4 Å². The molecule has 0 bridgehead atoms. The second-order valence-electron chi connectivity index (χ2n) is 10.8. The Labute approximate surface area is 243 Å². The summed E-state index contributed by atoms with van der Waals surface area (Å²) in [4.78, 5) is 38.6. The Kier molecular flexibility index (Phi) is 7.14. The fraction of sp³-hybridized carbons (Fsp3) is 0.333. The summed E-state index contributed by atoms with van der Waals surface area (Å²) in [7, 11) is 5.62. The zero-order chi connectivity index (χ0) is 28.8. The number of nitrogens with zero attached hydrogens (tertiary/aromatic N) is 5. The monoisotopic (exact) mass is 573 g/mol. The fourth-order valence-electron chi connectivity index (χ4n) is 5.54. The molecule has 2 N–H and O–H groups in total. The van der Waals surface area contributed by atoms with Crippen molar-refractivity contribution >= 4 is 29.1 Å². The van der Waals surface area contributed by atoms with Crippen molar-refractivity contribution in [3.05, 3.63) is 75.7 Å². The number of halogens is 1. The summed E-state index contributed by atoms with van der Waals surface area (Å²) >= 11 is 6.90. The van der Waals surface area contributed by atoms with Gasteiger partial charge in [-0.05, 0) is 44.3 Å². The SMILES string of the molecule is Cc1c(-c2nc3c(o2)CN(C(=O)CN(C)C)C3)cccc1-c1cccc(NC(=O)c2nc3c(n2C)CCNC3)c1Cl. The lowest BCUT2D eigenvalue weighted by molar-refractivity contribution is -0.132. The number of rotatable bonds is 6. The quantitative estimate of drug-likeness (QED) is 0.359. The van der Waals surface area contributed by atoms with Crippen LogP contribution in [0.3, 0.4) is 0 Å². The fourth-order valence-corrected chi connectivity index (χ4v) is 5.81. The number of benzene rings is 2. The molecule has 0 radical (unpaired) electrons. The molecule has 6 rings (SSSR count). The maximum Gasteiger partial charge on any atom is 0.291 e. The van der Waals surface area contributed by atoms with Crippen LogP contribution in [0.1, 0.15) is 39.0 Å². The second-order valence-corrected chi connectivity index (χ2v) is 11.2. The molecule has 212 valence electrons. The average Bonchev–Trinajstić information content (AvgIpc) is 3.62. The van der Waals surface area contributed by atoms with E-state index >= 15 is 0 Å². The van der Waals surface area contributed by atoms with Crippen LogP contribution < -0.4 is 10.6 Å². The van der Waals surface area contributed by atoms with Crippen molar-refractivity contribution in [3.63, 3.8) is 0 Å². The molecule has 2 aliphatic heterocycles. The lowest BCUT2D eigenvalue weighted by atomic mass is 9.96. The van der Waals surface area contributed by atoms with Gasteiger partial charge < -0.3 is 29.4 Å². The van der Waals surface area contributed by atoms with Crippen molar-refractivity contribution in [1.82, 2.24) is 29.7 Å². The Balaban J connectivity index is 1.25. The van der Waals surface area contributed by atoms with Gasteiger partial charge in [0.25, 0.3) is 5.91 Å². The van der Waals surface area contributed by atoms with Crippen LogP contribution >= 0.6 is 11.6 Å². The Morgan fingerprint density at radius 2 is 1.83 bits per heavy atom. The van der Waals surface area contributed by atoms with Crippen LogP contribution in [0.4, 0.5) is 5.69 Å². The van der Waals surface area contributed by atoms with Gasteiger partial charge in [-0.25, -0.2) is 9.97 Å². The minimum atomic E-state index is -0.307. The summed E-state index contributed by atoms with van der Waals surface area (Å²) in [6.07, 6.45) is 0.832. The van der Waals surface area contributed by atoms with Crippen molar-refractivity contribution < 1.29 is 14.0 Å². The van der Waals surface area contributed by atoms with Gasteiger partial charge in [0.1, 0.15) is 11.5 Å². The molecule has 4 heterocycles. The number of anilines is 1. The largest absolute Gasteiger partial charge is 0.439 e. The van der Waals surface area contributed by atoms with Crippen LogP contribution in [0.5, 0.6) is 0 Å². The summed E-state index contributed by atoms with van der Waals surface area (Å²) in [6.45, 7) is 4.72. The molecule has 4 aromatic rings. The molecule has 41 heavy (non-hydrogen) atoms. The van der Waals surface area contributed by atoms with E-state index in [4.69, 9.17) is 21.0 Å². The third kappa shape index (κ3) is 5.03. The molecule has 0 aliphatic carbocycles. The van der Waals surface area contributed by atoms with Gasteiger partial charge in [-0.15, -0.1) is 0 Å². The Hall–Kier alpha value is -3.99. The zero-order valence-electron chi connectivity index (χ0n) is 23.5. The highest BCUT2D eigenvalue weighted by atomic mass is 35.5. The molecule has 10 nitrogen and oxygen atoms in total. The van der Waals surface area contributed by atoms with Crippen LogP contribution in [0, 0.1) is 6.92 Å². The van der Waals surface area contributed by atoms with E-state index in [0.717, 1.165) is 52.3 Å². The first-order chi connectivity index (χ1) is 19.7. The van der Waals surface area contributed by atoms with Gasteiger partial charge in [-0.3, -0.25) is 9.59 Å². The molecule has 2 amide bonds. The molecule has 0 fully saturated rings. The highest BCUT2D eigenvalue weighted by molar-refractivity contribution is 6.36. The Bertz CT molecular complexity index is 1650. The van der Waals surface area contributed by atoms with E-state index in [1.54, 1.807) is 11.0 Å². The molecule has 0 unspecified atom stereocenters. The second kappa shape index (κ2) is 10.8. The molecule has 2 aliphatic rings. The van der Waals surface area contributed by atoms with Crippen molar-refractivity contribution in [3.8, 4) is 22.6 Å². The normalized spacial score (nSPS) is 14.3. The number of nitrogens with one attached hydrogen (secondary N) is 2. The number of fused-ring (bicyclic) bond motifs is 2. The van der Waals surface area contributed by atoms with E-state index in [1.807, 2.05) is 67.9 Å². The number of imidazole rings is 1. The summed E-state index contributed by atoms with van der Waals surface area (Å²) in [5.74, 6) is 1.33. The minimum absolute atomic E-state index is 0.0454. The molecule has 2 aromatic heterocycles. The number of aromatic nitrogens is 3. The maximum absolute atomic E-state index is 13.2. The van der Waals surface area contributed by atoms with Gasteiger partial charge >= 0.3 is 0 Å². The smallest absolute Gasteiger partial charge is 0.291 e. The molecule has 0 saturated heterocycles. The molecule has 0 saturated carbocycles. The van der Waals surface area contributed by atoms with Crippen molar-refractivity contribution in [2.45, 2.75) is 33.0 Å². The van der Waals surface area contributed by atoms with E-state index < -0.39 is 0 Å². The van der Waals surface area contributed by atoms with Gasteiger partial charge in [0.15, 0.2) is 5.82 Å². The average molecular weight is 574 g/mol. The van der Waals surface area contributed by atoms with Gasteiger partial charge in [-0.2, -0.15) is 0 Å². The van der Waals surface area contributed by atoms with E-state index in [0.29, 0.717) is 54.4 Å². The number of amides is 2. The van der Waals surface area contributed by atoms with Gasteiger partial charge in [0.05, 0.1) is 36.0 Å². The molecular weight excluding hydrogens is 542 g/mol. The van der Waals surface area contributed by atoms with Crippen molar-refractivity contribution in [2.75, 3.05) is 32.5 Å². The molecule has 2 aromatic carbocycles. The number of oxazole rings is 1. The highest BCUT2D eigenvalue weighted by Crippen LogP contribution is 2.39. The zero-order valence-corrected chi connectivity index (χ0v) is 24.3. The lowest BCUT2D eigenvalue weighted by Crippen LogP contribution is -2.34. The first-order valence-electron chi connectivity index (χ1n) is 13.6. The number of carbonyl (C=O) groups is 2. The van der Waals surface area contributed by atoms with Crippen molar-refractivity contribution in [2.24, 2.45) is 7.05 Å². The number of likely N-dealkylation sites (N-methyl/N-ethyl adjacent to an activating group) is 1. The van der Waals surface area contributed by atoms with Crippen LogP contribution in [0.15, 0.2) is 40.8 Å². The Morgan fingerprint density at radius 1 is 1.07 bits per heavy atom. The predicted octanol–water partition coefficient (Wildman–Crippen LogP) is 4.01. The third-order valence-electron chi connectivity index (χ3n) is 7.69. The van der Waals surface area contributed by atoms with E-state index in [2.05, 4.69) is 15.6 Å². The van der Waals surface area contributed by atoms with Crippen molar-refractivity contribution in [1.29, 1.82) is 0 Å². The Morgan fingerprint density at radius 3 is 2.59 bits per heavy atom. The first kappa shape index (κ1) is 27.2. The number of carbonyl (C=O) groups excluding carboxylic acids is 2. The van der Waals surface area contributed by atoms with Gasteiger partial charge in [-0.1, -0.05) is 35.9 Å². The summed E-state index contributed by atoms with van der Waals surface area (Å²) < 4.78 is 8.01. The van der Waals surface area contributed by atoms with E-state index in [-0.39, 0.29) is 11.8 Å². The predicted molar refractivity (Wildman–Crippen MR) is 157 cm³/mol. The topological polar surface area (TPSA) is 109 Å². The lowest BCUT2D eigenvalue weighted by Gasteiger charge is -2.18. The van der Waals surface area contributed by atoms with Gasteiger partial charge in [0.2, 0.25) is 11.8 Å². The number of hydrogen-bond donors (Lipinski definition) is 2. The van der Waals surface area contributed by atoms with Crippen LogP contribution in [0.2, 0.25) is 5.02 Å². The molecular formula is C30H32ClN7O3. The summed E-state index contributed by atoms with van der Waals surface area (Å²) in [6, 6.07) is 11.5. The number of hydrogen-bond acceptors (Lipinski definition) is 7. The van der Waals surface area contributed by atoms with Crippen LogP contribution in [0.25, 0.3) is 22.6 Å². The molecule has 0 spiro atoms.